The normalized spacial score (nSPS) is 12.0. The molecule has 1 unspecified atom stereocenters. The largest absolute Gasteiger partial charge is 0.372 e. The molecule has 0 amide bonds. The van der Waals surface area contributed by atoms with Crippen LogP contribution in [-0.2, 0) is 0 Å². The third-order valence-electron chi connectivity index (χ3n) is 2.65. The van der Waals surface area contributed by atoms with Crippen molar-refractivity contribution < 1.29 is 0 Å². The van der Waals surface area contributed by atoms with Gasteiger partial charge in [0.25, 0.3) is 0 Å². The van der Waals surface area contributed by atoms with Crippen LogP contribution >= 0.6 is 23.2 Å². The molecule has 0 fully saturated rings. The van der Waals surface area contributed by atoms with E-state index >= 15 is 0 Å². The summed E-state index contributed by atoms with van der Waals surface area (Å²) in [5, 5.41) is 7.11. The predicted octanol–water partition coefficient (Wildman–Crippen LogP) is 4.00. The van der Waals surface area contributed by atoms with Crippen LogP contribution in [0.2, 0.25) is 10.0 Å². The van der Waals surface area contributed by atoms with Gasteiger partial charge in [0.15, 0.2) is 0 Å². The molecule has 2 aromatic rings. The second-order valence-corrected chi connectivity index (χ2v) is 4.83. The first kappa shape index (κ1) is 13.9. The lowest BCUT2D eigenvalue weighted by molar-refractivity contribution is 0.832. The van der Waals surface area contributed by atoms with Crippen LogP contribution in [-0.4, -0.2) is 17.0 Å². The van der Waals surface area contributed by atoms with E-state index in [-0.39, 0.29) is 6.04 Å². The fourth-order valence-corrected chi connectivity index (χ4v) is 2.16. The van der Waals surface area contributed by atoms with E-state index in [2.05, 4.69) is 20.6 Å². The van der Waals surface area contributed by atoms with Crippen molar-refractivity contribution in [3.8, 4) is 0 Å². The lowest BCUT2D eigenvalue weighted by Crippen LogP contribution is -2.10. The van der Waals surface area contributed by atoms with Crippen LogP contribution in [0.1, 0.15) is 18.7 Å². The van der Waals surface area contributed by atoms with Crippen LogP contribution in [0.3, 0.4) is 0 Å². The fraction of sp³-hybridized carbons (Fsp3) is 0.231. The summed E-state index contributed by atoms with van der Waals surface area (Å²) in [6.45, 7) is 1.99. The van der Waals surface area contributed by atoms with Gasteiger partial charge in [-0.2, -0.15) is 0 Å². The minimum absolute atomic E-state index is 0.00270. The Morgan fingerprint density at radius 1 is 1.16 bits per heavy atom. The summed E-state index contributed by atoms with van der Waals surface area (Å²) in [6, 6.07) is 7.42. The highest BCUT2D eigenvalue weighted by Crippen LogP contribution is 2.30. The van der Waals surface area contributed by atoms with E-state index in [0.29, 0.717) is 21.7 Å². The number of pyridine rings is 2. The SMILES string of the molecule is CNc1nc(NC(C)c2ccccn2)c(Cl)cc1Cl. The molecule has 0 aliphatic rings. The van der Waals surface area contributed by atoms with Gasteiger partial charge in [0.2, 0.25) is 0 Å². The monoisotopic (exact) mass is 296 g/mol. The molecule has 2 N–H and O–H groups in total. The van der Waals surface area contributed by atoms with Crippen molar-refractivity contribution >= 4 is 34.8 Å². The lowest BCUT2D eigenvalue weighted by Gasteiger charge is -2.16. The number of halogens is 2. The summed E-state index contributed by atoms with van der Waals surface area (Å²) in [7, 11) is 1.76. The molecule has 0 saturated heterocycles. The van der Waals surface area contributed by atoms with Crippen molar-refractivity contribution in [1.82, 2.24) is 9.97 Å². The van der Waals surface area contributed by atoms with Crippen molar-refractivity contribution in [2.45, 2.75) is 13.0 Å². The van der Waals surface area contributed by atoms with Gasteiger partial charge in [0, 0.05) is 13.2 Å². The summed E-state index contributed by atoms with van der Waals surface area (Å²) >= 11 is 12.1. The molecule has 0 aliphatic heterocycles. The van der Waals surface area contributed by atoms with Crippen LogP contribution < -0.4 is 10.6 Å². The minimum atomic E-state index is -0.00270. The van der Waals surface area contributed by atoms with Crippen molar-refractivity contribution in [1.29, 1.82) is 0 Å². The molecule has 0 saturated carbocycles. The number of hydrogen-bond acceptors (Lipinski definition) is 4. The number of rotatable bonds is 4. The fourth-order valence-electron chi connectivity index (χ4n) is 1.65. The Balaban J connectivity index is 2.24. The molecule has 100 valence electrons. The molecule has 19 heavy (non-hydrogen) atoms. The van der Waals surface area contributed by atoms with Crippen molar-refractivity contribution in [2.24, 2.45) is 0 Å². The summed E-state index contributed by atoms with van der Waals surface area (Å²) in [4.78, 5) is 8.63. The van der Waals surface area contributed by atoms with E-state index in [9.17, 15) is 0 Å². The Hall–Kier alpha value is -1.52. The highest BCUT2D eigenvalue weighted by molar-refractivity contribution is 6.37. The first-order valence-electron chi connectivity index (χ1n) is 5.83. The van der Waals surface area contributed by atoms with E-state index in [1.165, 1.54) is 0 Å². The number of nitrogens with zero attached hydrogens (tertiary/aromatic N) is 2. The number of aromatic nitrogens is 2. The molecule has 2 heterocycles. The zero-order valence-electron chi connectivity index (χ0n) is 10.6. The van der Waals surface area contributed by atoms with Gasteiger partial charge in [-0.1, -0.05) is 29.3 Å². The van der Waals surface area contributed by atoms with Gasteiger partial charge in [-0.25, -0.2) is 4.98 Å². The Bertz CT molecular complexity index is 560. The summed E-state index contributed by atoms with van der Waals surface area (Å²) in [5.41, 5.74) is 0.918. The van der Waals surface area contributed by atoms with Crippen LogP contribution in [0.15, 0.2) is 30.5 Å². The molecule has 0 bridgehead atoms. The number of anilines is 2. The van der Waals surface area contributed by atoms with Crippen LogP contribution in [0, 0.1) is 0 Å². The van der Waals surface area contributed by atoms with Crippen molar-refractivity contribution in [2.75, 3.05) is 17.7 Å². The molecular formula is C13H14Cl2N4. The smallest absolute Gasteiger partial charge is 0.147 e. The lowest BCUT2D eigenvalue weighted by atomic mass is 10.2. The molecule has 0 aliphatic carbocycles. The number of nitrogens with one attached hydrogen (secondary N) is 2. The molecule has 2 rings (SSSR count). The average molecular weight is 297 g/mol. The Kier molecular flexibility index (Phi) is 4.45. The van der Waals surface area contributed by atoms with Gasteiger partial charge in [-0.3, -0.25) is 4.98 Å². The molecule has 1 atom stereocenters. The van der Waals surface area contributed by atoms with E-state index in [0.717, 1.165) is 5.69 Å². The quantitative estimate of drug-likeness (QED) is 0.895. The van der Waals surface area contributed by atoms with E-state index < -0.39 is 0 Å². The molecule has 4 nitrogen and oxygen atoms in total. The molecular weight excluding hydrogens is 283 g/mol. The van der Waals surface area contributed by atoms with Gasteiger partial charge < -0.3 is 10.6 Å². The zero-order chi connectivity index (χ0) is 13.8. The molecule has 6 heteroatoms. The Morgan fingerprint density at radius 2 is 1.89 bits per heavy atom. The summed E-state index contributed by atoms with van der Waals surface area (Å²) in [5.74, 6) is 1.16. The van der Waals surface area contributed by atoms with Gasteiger partial charge in [-0.05, 0) is 25.1 Å². The second-order valence-electron chi connectivity index (χ2n) is 4.02. The van der Waals surface area contributed by atoms with E-state index in [1.807, 2.05) is 25.1 Å². The Morgan fingerprint density at radius 3 is 2.53 bits per heavy atom. The number of hydrogen-bond donors (Lipinski definition) is 2. The van der Waals surface area contributed by atoms with E-state index in [4.69, 9.17) is 23.2 Å². The molecule has 0 aromatic carbocycles. The van der Waals surface area contributed by atoms with Gasteiger partial charge in [-0.15, -0.1) is 0 Å². The van der Waals surface area contributed by atoms with Crippen molar-refractivity contribution in [3.05, 3.63) is 46.2 Å². The highest BCUT2D eigenvalue weighted by atomic mass is 35.5. The van der Waals surface area contributed by atoms with Crippen LogP contribution in [0.5, 0.6) is 0 Å². The standard InChI is InChI=1S/C13H14Cl2N4/c1-8(11-5-3-4-6-17-11)18-13-10(15)7-9(14)12(16-2)19-13/h3-8H,1-2H3,(H2,16,18,19). The first-order chi connectivity index (χ1) is 9.11. The maximum absolute atomic E-state index is 6.13. The maximum atomic E-state index is 6.13. The van der Waals surface area contributed by atoms with Crippen LogP contribution in [0.4, 0.5) is 11.6 Å². The topological polar surface area (TPSA) is 49.8 Å². The second kappa shape index (κ2) is 6.08. The van der Waals surface area contributed by atoms with Crippen molar-refractivity contribution in [3.63, 3.8) is 0 Å². The zero-order valence-corrected chi connectivity index (χ0v) is 12.1. The molecule has 0 radical (unpaired) electrons. The van der Waals surface area contributed by atoms with Gasteiger partial charge in [0.1, 0.15) is 11.6 Å². The average Bonchev–Trinajstić information content (AvgIpc) is 2.42. The summed E-state index contributed by atoms with van der Waals surface area (Å²) < 4.78 is 0. The molecule has 2 aromatic heterocycles. The molecule has 0 spiro atoms. The third-order valence-corrected chi connectivity index (χ3v) is 3.23. The third kappa shape index (κ3) is 3.28. The highest BCUT2D eigenvalue weighted by Gasteiger charge is 2.12. The summed E-state index contributed by atoms with van der Waals surface area (Å²) in [6.07, 6.45) is 1.75. The maximum Gasteiger partial charge on any atom is 0.147 e. The Labute approximate surface area is 122 Å². The van der Waals surface area contributed by atoms with E-state index in [1.54, 1.807) is 19.3 Å². The first-order valence-corrected chi connectivity index (χ1v) is 6.58. The van der Waals surface area contributed by atoms with Crippen LogP contribution in [0.25, 0.3) is 0 Å². The van der Waals surface area contributed by atoms with Gasteiger partial charge in [0.05, 0.1) is 21.8 Å². The van der Waals surface area contributed by atoms with Gasteiger partial charge >= 0.3 is 0 Å². The minimum Gasteiger partial charge on any atom is -0.372 e. The predicted molar refractivity (Wildman–Crippen MR) is 80.1 cm³/mol.